The minimum atomic E-state index is -1.62. The van der Waals surface area contributed by atoms with E-state index in [0.29, 0.717) is 24.0 Å². The fraction of sp³-hybridized carbons (Fsp3) is 0.455. The maximum atomic E-state index is 11.1. The average molecular weight is 450 g/mol. The number of phenols is 2. The summed E-state index contributed by atoms with van der Waals surface area (Å²) in [4.78, 5) is 0. The van der Waals surface area contributed by atoms with Gasteiger partial charge in [0, 0.05) is 11.1 Å². The summed E-state index contributed by atoms with van der Waals surface area (Å²) in [6.07, 6.45) is -6.17. The summed E-state index contributed by atoms with van der Waals surface area (Å²) in [5, 5.41) is 61.0. The third-order valence-electron chi connectivity index (χ3n) is 5.94. The van der Waals surface area contributed by atoms with Crippen molar-refractivity contribution < 1.29 is 49.6 Å². The van der Waals surface area contributed by atoms with E-state index < -0.39 is 37.3 Å². The number of phenolic OH excluding ortho intramolecular Hbond substituents is 2. The van der Waals surface area contributed by atoms with Crippen LogP contribution in [0.5, 0.6) is 28.7 Å². The second-order valence-electron chi connectivity index (χ2n) is 7.76. The first kappa shape index (κ1) is 22.4. The molecule has 32 heavy (non-hydrogen) atoms. The molecule has 0 unspecified atom stereocenters. The monoisotopic (exact) mass is 450 g/mol. The van der Waals surface area contributed by atoms with Gasteiger partial charge >= 0.3 is 0 Å². The Morgan fingerprint density at radius 3 is 2.25 bits per heavy atom. The fourth-order valence-electron chi connectivity index (χ4n) is 4.30. The normalized spacial score (nSPS) is 26.8. The van der Waals surface area contributed by atoms with Gasteiger partial charge in [-0.2, -0.15) is 0 Å². The van der Waals surface area contributed by atoms with Crippen LogP contribution in [0.4, 0.5) is 0 Å². The number of methoxy groups -OCH3 is 2. The highest BCUT2D eigenvalue weighted by Crippen LogP contribution is 2.53. The van der Waals surface area contributed by atoms with Gasteiger partial charge < -0.3 is 49.6 Å². The first-order chi connectivity index (χ1) is 15.3. The average Bonchev–Trinajstić information content (AvgIpc) is 2.79. The number of aliphatic hydroxyl groups is 4. The molecule has 4 rings (SSSR count). The first-order valence-electron chi connectivity index (χ1n) is 10.1. The first-order valence-corrected chi connectivity index (χ1v) is 10.1. The molecule has 0 bridgehead atoms. The van der Waals surface area contributed by atoms with Gasteiger partial charge in [0.1, 0.15) is 24.4 Å². The Labute approximate surface area is 183 Å². The van der Waals surface area contributed by atoms with E-state index in [9.17, 15) is 30.6 Å². The highest BCUT2D eigenvalue weighted by Gasteiger charge is 2.45. The van der Waals surface area contributed by atoms with Crippen molar-refractivity contribution in [2.24, 2.45) is 0 Å². The summed E-state index contributed by atoms with van der Waals surface area (Å²) >= 11 is 0. The van der Waals surface area contributed by atoms with E-state index >= 15 is 0 Å². The molecular weight excluding hydrogens is 424 g/mol. The molecule has 0 amide bonds. The number of aromatic hydroxyl groups is 2. The van der Waals surface area contributed by atoms with Crippen LogP contribution in [0.2, 0.25) is 0 Å². The predicted molar refractivity (Wildman–Crippen MR) is 110 cm³/mol. The van der Waals surface area contributed by atoms with Gasteiger partial charge in [0.2, 0.25) is 12.0 Å². The van der Waals surface area contributed by atoms with E-state index in [1.807, 2.05) is 0 Å². The summed E-state index contributed by atoms with van der Waals surface area (Å²) in [7, 11) is 2.82. The molecule has 0 spiro atoms. The van der Waals surface area contributed by atoms with E-state index in [2.05, 4.69) is 0 Å². The van der Waals surface area contributed by atoms with Crippen LogP contribution in [-0.4, -0.2) is 82.2 Å². The van der Waals surface area contributed by atoms with Gasteiger partial charge in [0.05, 0.1) is 20.8 Å². The maximum Gasteiger partial charge on any atom is 0.229 e. The minimum absolute atomic E-state index is 0.0463. The quantitative estimate of drug-likeness (QED) is 0.368. The molecule has 2 aromatic rings. The van der Waals surface area contributed by atoms with Gasteiger partial charge in [0.25, 0.3) is 0 Å². The highest BCUT2D eigenvalue weighted by atomic mass is 16.7. The molecule has 10 heteroatoms. The van der Waals surface area contributed by atoms with Crippen LogP contribution in [0.1, 0.15) is 11.1 Å². The van der Waals surface area contributed by atoms with Crippen molar-refractivity contribution >= 4 is 0 Å². The van der Waals surface area contributed by atoms with E-state index in [-0.39, 0.29) is 28.7 Å². The number of aliphatic hydroxyl groups excluding tert-OH is 4. The Kier molecular flexibility index (Phi) is 6.06. The lowest BCUT2D eigenvalue weighted by Gasteiger charge is -2.39. The smallest absolute Gasteiger partial charge is 0.229 e. The number of benzene rings is 2. The van der Waals surface area contributed by atoms with Gasteiger partial charge in [-0.15, -0.1) is 0 Å². The van der Waals surface area contributed by atoms with Crippen LogP contribution < -0.4 is 14.2 Å². The molecule has 1 aliphatic carbocycles. The Balaban J connectivity index is 1.77. The highest BCUT2D eigenvalue weighted by molar-refractivity contribution is 5.87. The lowest BCUT2D eigenvalue weighted by atomic mass is 9.83. The van der Waals surface area contributed by atoms with Gasteiger partial charge in [-0.05, 0) is 36.1 Å². The largest absolute Gasteiger partial charge is 0.504 e. The van der Waals surface area contributed by atoms with Gasteiger partial charge in [-0.25, -0.2) is 0 Å². The topological polar surface area (TPSA) is 158 Å². The van der Waals surface area contributed by atoms with Crippen LogP contribution in [0.3, 0.4) is 0 Å². The second-order valence-corrected chi connectivity index (χ2v) is 7.76. The van der Waals surface area contributed by atoms with Crippen molar-refractivity contribution in [1.29, 1.82) is 0 Å². The molecule has 0 saturated carbocycles. The zero-order valence-corrected chi connectivity index (χ0v) is 17.6. The summed E-state index contributed by atoms with van der Waals surface area (Å²) in [6.45, 7) is -0.602. The number of aryl methyl sites for hydroxylation is 2. The van der Waals surface area contributed by atoms with E-state index in [0.717, 1.165) is 11.1 Å². The van der Waals surface area contributed by atoms with E-state index in [1.165, 1.54) is 20.3 Å². The summed E-state index contributed by atoms with van der Waals surface area (Å²) in [5.41, 5.74) is 2.51. The molecule has 5 atom stereocenters. The molecule has 10 nitrogen and oxygen atoms in total. The minimum Gasteiger partial charge on any atom is -0.504 e. The summed E-state index contributed by atoms with van der Waals surface area (Å²) in [6, 6.07) is 4.81. The summed E-state index contributed by atoms with van der Waals surface area (Å²) < 4.78 is 21.8. The Morgan fingerprint density at radius 1 is 0.906 bits per heavy atom. The lowest BCUT2D eigenvalue weighted by Crippen LogP contribution is -2.60. The van der Waals surface area contributed by atoms with E-state index in [1.54, 1.807) is 12.1 Å². The molecule has 0 radical (unpaired) electrons. The van der Waals surface area contributed by atoms with Crippen molar-refractivity contribution in [2.45, 2.75) is 43.5 Å². The third-order valence-corrected chi connectivity index (χ3v) is 5.94. The van der Waals surface area contributed by atoms with E-state index in [4.69, 9.17) is 18.9 Å². The number of hydrogen-bond acceptors (Lipinski definition) is 10. The zero-order valence-electron chi connectivity index (χ0n) is 17.6. The molecule has 1 saturated heterocycles. The molecule has 0 aromatic heterocycles. The second kappa shape index (κ2) is 8.64. The Morgan fingerprint density at radius 2 is 1.59 bits per heavy atom. The SMILES string of the molecule is COc1c(O)cc2c(c1OC)-c1c(ccc(O[C@@H]3O[C@H](CO)[C@@H](O)[C@H](O)[C@H]3O)c1O)CC2. The lowest BCUT2D eigenvalue weighted by molar-refractivity contribution is -0.277. The molecule has 1 aliphatic heterocycles. The van der Waals surface area contributed by atoms with Crippen LogP contribution in [0, 0.1) is 0 Å². The standard InChI is InChI=1S/C22H26O10/c1-29-20-11(24)7-10-4-3-9-5-6-12(16(25)14(9)15(10)21(20)30-2)31-22-19(28)18(27)17(26)13(8-23)32-22/h5-7,13,17-19,22-28H,3-4,8H2,1-2H3/t13-,17-,18+,19-,22-/m1/s1. The van der Waals surface area contributed by atoms with Crippen molar-refractivity contribution in [3.8, 4) is 39.9 Å². The molecule has 2 aromatic carbocycles. The Hall–Kier alpha value is -2.76. The fourth-order valence-corrected chi connectivity index (χ4v) is 4.30. The number of rotatable bonds is 5. The molecule has 174 valence electrons. The molecule has 6 N–H and O–H groups in total. The van der Waals surface area contributed by atoms with Crippen molar-refractivity contribution in [3.05, 3.63) is 29.3 Å². The molecule has 1 fully saturated rings. The predicted octanol–water partition coefficient (Wildman–Crippen LogP) is 0.0593. The molecule has 2 aliphatic rings. The van der Waals surface area contributed by atoms with Crippen LogP contribution in [0.25, 0.3) is 11.1 Å². The number of hydrogen-bond donors (Lipinski definition) is 6. The van der Waals surface area contributed by atoms with Gasteiger partial charge in [-0.1, -0.05) is 6.07 Å². The Bertz CT molecular complexity index is 1000. The van der Waals surface area contributed by atoms with Crippen molar-refractivity contribution in [1.82, 2.24) is 0 Å². The zero-order chi connectivity index (χ0) is 23.2. The maximum absolute atomic E-state index is 11.1. The van der Waals surface area contributed by atoms with Crippen LogP contribution >= 0.6 is 0 Å². The number of fused-ring (bicyclic) bond motifs is 3. The third kappa shape index (κ3) is 3.50. The molecular formula is C22H26O10. The van der Waals surface area contributed by atoms with Crippen LogP contribution in [0.15, 0.2) is 18.2 Å². The summed E-state index contributed by atoms with van der Waals surface area (Å²) in [5.74, 6) is -0.0104. The van der Waals surface area contributed by atoms with Crippen LogP contribution in [-0.2, 0) is 17.6 Å². The molecule has 1 heterocycles. The van der Waals surface area contributed by atoms with Gasteiger partial charge in [-0.3, -0.25) is 0 Å². The van der Waals surface area contributed by atoms with Crippen molar-refractivity contribution in [3.63, 3.8) is 0 Å². The van der Waals surface area contributed by atoms with Crippen molar-refractivity contribution in [2.75, 3.05) is 20.8 Å². The number of ether oxygens (including phenoxy) is 4. The van der Waals surface area contributed by atoms with Gasteiger partial charge in [0.15, 0.2) is 23.0 Å².